The molecule has 0 radical (unpaired) electrons. The maximum absolute atomic E-state index is 12.1. The lowest BCUT2D eigenvalue weighted by molar-refractivity contribution is -0.116. The summed E-state index contributed by atoms with van der Waals surface area (Å²) in [6.45, 7) is 4.96. The van der Waals surface area contributed by atoms with Crippen LogP contribution in [0, 0.1) is 13.8 Å². The van der Waals surface area contributed by atoms with Crippen molar-refractivity contribution in [3.8, 4) is 0 Å². The van der Waals surface area contributed by atoms with Crippen molar-refractivity contribution in [1.82, 2.24) is 15.3 Å². The Morgan fingerprint density at radius 3 is 2.78 bits per heavy atom. The highest BCUT2D eigenvalue weighted by atomic mass is 16.3. The third kappa shape index (κ3) is 2.85. The summed E-state index contributed by atoms with van der Waals surface area (Å²) in [6, 6.07) is 3.56. The van der Waals surface area contributed by atoms with E-state index in [9.17, 15) is 4.79 Å². The van der Waals surface area contributed by atoms with E-state index in [1.165, 1.54) is 5.56 Å². The Hall–Kier alpha value is -2.60. The van der Waals surface area contributed by atoms with E-state index in [2.05, 4.69) is 27.3 Å². The summed E-state index contributed by atoms with van der Waals surface area (Å²) in [7, 11) is 4.08. The SMILES string of the molecule is Cc1[nH]c(/C=C2/C(=O)NN=C2c2ccco2)c(C)c1CN(C)C. The largest absolute Gasteiger partial charge is 0.463 e. The normalized spacial score (nSPS) is 16.3. The minimum absolute atomic E-state index is 0.225. The van der Waals surface area contributed by atoms with Gasteiger partial charge in [-0.2, -0.15) is 5.10 Å². The molecule has 2 N–H and O–H groups in total. The summed E-state index contributed by atoms with van der Waals surface area (Å²) in [4.78, 5) is 17.6. The van der Waals surface area contributed by atoms with E-state index in [-0.39, 0.29) is 5.91 Å². The van der Waals surface area contributed by atoms with Gasteiger partial charge in [0.2, 0.25) is 0 Å². The van der Waals surface area contributed by atoms with Gasteiger partial charge in [-0.1, -0.05) is 0 Å². The van der Waals surface area contributed by atoms with Crippen molar-refractivity contribution < 1.29 is 9.21 Å². The van der Waals surface area contributed by atoms with Crippen molar-refractivity contribution in [3.63, 3.8) is 0 Å². The standard InChI is InChI=1S/C17H20N4O2/c1-10-13(9-21(3)4)11(2)18-14(10)8-12-16(19-20-17(12)22)15-6-5-7-23-15/h5-8,18H,9H2,1-4H3,(H,20,22)/b12-8+. The van der Waals surface area contributed by atoms with Gasteiger partial charge in [-0.25, -0.2) is 5.43 Å². The molecule has 0 atom stereocenters. The molecule has 120 valence electrons. The van der Waals surface area contributed by atoms with Crippen LogP contribution in [-0.2, 0) is 11.3 Å². The average molecular weight is 312 g/mol. The van der Waals surface area contributed by atoms with Crippen LogP contribution in [0.1, 0.15) is 28.3 Å². The number of nitrogens with zero attached hydrogens (tertiary/aromatic N) is 2. The second-order valence-corrected chi connectivity index (χ2v) is 5.94. The number of hydrogen-bond donors (Lipinski definition) is 2. The number of rotatable bonds is 4. The first kappa shape index (κ1) is 15.3. The summed E-state index contributed by atoms with van der Waals surface area (Å²) in [5.41, 5.74) is 7.95. The van der Waals surface area contributed by atoms with Crippen LogP contribution < -0.4 is 5.43 Å². The van der Waals surface area contributed by atoms with E-state index in [1.807, 2.05) is 27.1 Å². The first-order chi connectivity index (χ1) is 11.0. The van der Waals surface area contributed by atoms with Gasteiger partial charge >= 0.3 is 0 Å². The molecule has 0 spiro atoms. The smallest absolute Gasteiger partial charge is 0.273 e. The predicted molar refractivity (Wildman–Crippen MR) is 89.0 cm³/mol. The zero-order valence-electron chi connectivity index (χ0n) is 13.7. The van der Waals surface area contributed by atoms with E-state index in [1.54, 1.807) is 18.4 Å². The number of carbonyl (C=O) groups excluding carboxylic acids is 1. The highest BCUT2D eigenvalue weighted by Crippen LogP contribution is 2.24. The van der Waals surface area contributed by atoms with Gasteiger partial charge in [-0.3, -0.25) is 4.79 Å². The van der Waals surface area contributed by atoms with Crippen molar-refractivity contribution in [2.75, 3.05) is 14.1 Å². The van der Waals surface area contributed by atoms with Gasteiger partial charge in [0.05, 0.1) is 11.8 Å². The number of furan rings is 1. The molecule has 0 aromatic carbocycles. The van der Waals surface area contributed by atoms with Crippen molar-refractivity contribution in [2.45, 2.75) is 20.4 Å². The molecule has 0 saturated heterocycles. The first-order valence-electron chi connectivity index (χ1n) is 7.44. The van der Waals surface area contributed by atoms with E-state index in [0.29, 0.717) is 17.0 Å². The molecule has 0 aliphatic carbocycles. The van der Waals surface area contributed by atoms with E-state index < -0.39 is 0 Å². The molecule has 1 amide bonds. The number of amides is 1. The number of hydrogen-bond acceptors (Lipinski definition) is 4. The summed E-state index contributed by atoms with van der Waals surface area (Å²) < 4.78 is 5.36. The summed E-state index contributed by atoms with van der Waals surface area (Å²) in [5.74, 6) is 0.348. The molecule has 0 unspecified atom stereocenters. The number of aromatic nitrogens is 1. The zero-order chi connectivity index (χ0) is 16.6. The molecule has 3 heterocycles. The van der Waals surface area contributed by atoms with Crippen LogP contribution in [0.15, 0.2) is 33.5 Å². The van der Waals surface area contributed by atoms with Crippen LogP contribution in [0.5, 0.6) is 0 Å². The van der Waals surface area contributed by atoms with E-state index in [4.69, 9.17) is 4.42 Å². The van der Waals surface area contributed by atoms with Gasteiger partial charge in [0.1, 0.15) is 5.71 Å². The predicted octanol–water partition coefficient (Wildman–Crippen LogP) is 2.20. The molecule has 23 heavy (non-hydrogen) atoms. The number of aromatic amines is 1. The molecule has 2 aromatic heterocycles. The van der Waals surface area contributed by atoms with Crippen molar-refractivity contribution in [3.05, 3.63) is 52.2 Å². The fraction of sp³-hybridized carbons (Fsp3) is 0.294. The van der Waals surface area contributed by atoms with E-state index in [0.717, 1.165) is 23.5 Å². The number of carbonyl (C=O) groups is 1. The molecule has 1 aliphatic rings. The van der Waals surface area contributed by atoms with Crippen LogP contribution in [0.2, 0.25) is 0 Å². The van der Waals surface area contributed by atoms with Crippen LogP contribution in [0.3, 0.4) is 0 Å². The highest BCUT2D eigenvalue weighted by Gasteiger charge is 2.26. The van der Waals surface area contributed by atoms with Gasteiger partial charge in [0, 0.05) is 17.9 Å². The maximum Gasteiger partial charge on any atom is 0.273 e. The lowest BCUT2D eigenvalue weighted by Gasteiger charge is -2.10. The minimum Gasteiger partial charge on any atom is -0.463 e. The van der Waals surface area contributed by atoms with Gasteiger partial charge < -0.3 is 14.3 Å². The molecular weight excluding hydrogens is 292 g/mol. The first-order valence-corrected chi connectivity index (χ1v) is 7.44. The van der Waals surface area contributed by atoms with Crippen molar-refractivity contribution in [2.24, 2.45) is 5.10 Å². The Labute approximate surface area is 134 Å². The van der Waals surface area contributed by atoms with Crippen LogP contribution in [0.25, 0.3) is 6.08 Å². The second-order valence-electron chi connectivity index (χ2n) is 5.94. The van der Waals surface area contributed by atoms with Gasteiger partial charge in [0.15, 0.2) is 5.76 Å². The molecule has 3 rings (SSSR count). The number of hydrazone groups is 1. The molecule has 6 nitrogen and oxygen atoms in total. The molecule has 0 fully saturated rings. The number of H-pyrrole nitrogens is 1. The quantitative estimate of drug-likeness (QED) is 0.850. The lowest BCUT2D eigenvalue weighted by atomic mass is 10.0. The van der Waals surface area contributed by atoms with Crippen LogP contribution in [-0.4, -0.2) is 35.6 Å². The topological polar surface area (TPSA) is 73.6 Å². The third-order valence-electron chi connectivity index (χ3n) is 3.92. The molecule has 6 heteroatoms. The Morgan fingerprint density at radius 2 is 2.13 bits per heavy atom. The highest BCUT2D eigenvalue weighted by molar-refractivity contribution is 6.32. The van der Waals surface area contributed by atoms with Gasteiger partial charge in [0.25, 0.3) is 5.91 Å². The monoisotopic (exact) mass is 312 g/mol. The maximum atomic E-state index is 12.1. The molecule has 1 aliphatic heterocycles. The van der Waals surface area contributed by atoms with Crippen molar-refractivity contribution in [1.29, 1.82) is 0 Å². The Balaban J connectivity index is 2.01. The van der Waals surface area contributed by atoms with Gasteiger partial charge in [-0.05, 0) is 57.3 Å². The Bertz CT molecular complexity index is 795. The van der Waals surface area contributed by atoms with E-state index >= 15 is 0 Å². The van der Waals surface area contributed by atoms with Crippen molar-refractivity contribution >= 4 is 17.7 Å². The number of nitrogens with one attached hydrogen (secondary N) is 2. The molecular formula is C17H20N4O2. The lowest BCUT2D eigenvalue weighted by Crippen LogP contribution is -2.13. The fourth-order valence-electron chi connectivity index (χ4n) is 2.73. The minimum atomic E-state index is -0.225. The number of aryl methyl sites for hydroxylation is 1. The van der Waals surface area contributed by atoms with Gasteiger partial charge in [-0.15, -0.1) is 0 Å². The third-order valence-corrected chi connectivity index (χ3v) is 3.92. The summed E-state index contributed by atoms with van der Waals surface area (Å²) >= 11 is 0. The molecule has 0 saturated carbocycles. The average Bonchev–Trinajstić information content (AvgIpc) is 3.18. The summed E-state index contributed by atoms with van der Waals surface area (Å²) in [6.07, 6.45) is 3.41. The Kier molecular flexibility index (Phi) is 3.92. The van der Waals surface area contributed by atoms with Crippen LogP contribution >= 0.6 is 0 Å². The summed E-state index contributed by atoms with van der Waals surface area (Å²) in [5, 5.41) is 4.08. The molecule has 2 aromatic rings. The Morgan fingerprint density at radius 1 is 1.35 bits per heavy atom. The zero-order valence-corrected chi connectivity index (χ0v) is 13.7. The second kappa shape index (κ2) is 5.89. The fourth-order valence-corrected chi connectivity index (χ4v) is 2.73. The van der Waals surface area contributed by atoms with Crippen LogP contribution in [0.4, 0.5) is 0 Å². The molecule has 0 bridgehead atoms.